The van der Waals surface area contributed by atoms with E-state index in [1.165, 1.54) is 0 Å². The highest BCUT2D eigenvalue weighted by Gasteiger charge is 2.72. The van der Waals surface area contributed by atoms with Gasteiger partial charge >= 0.3 is 11.9 Å². The van der Waals surface area contributed by atoms with E-state index in [4.69, 9.17) is 9.47 Å². The van der Waals surface area contributed by atoms with E-state index in [1.54, 1.807) is 4.90 Å². The largest absolute Gasteiger partial charge is 0.461 e. The van der Waals surface area contributed by atoms with Crippen molar-refractivity contribution in [3.63, 3.8) is 0 Å². The molecular weight excluding hydrogens is 478 g/mol. The van der Waals surface area contributed by atoms with E-state index in [-0.39, 0.29) is 24.4 Å². The Bertz CT molecular complexity index is 1150. The summed E-state index contributed by atoms with van der Waals surface area (Å²) in [7, 11) is 0. The number of carbonyl (C=O) groups is 3. The fourth-order valence-corrected chi connectivity index (χ4v) is 6.53. The first-order valence-corrected chi connectivity index (χ1v) is 14.0. The van der Waals surface area contributed by atoms with Gasteiger partial charge in [-0.05, 0) is 57.6 Å². The number of nitrogens with zero attached hydrogens (tertiary/aromatic N) is 1. The van der Waals surface area contributed by atoms with Gasteiger partial charge in [0.25, 0.3) is 0 Å². The molecule has 3 unspecified atom stereocenters. The van der Waals surface area contributed by atoms with Crippen molar-refractivity contribution in [1.82, 2.24) is 4.90 Å². The Labute approximate surface area is 225 Å². The van der Waals surface area contributed by atoms with Crippen molar-refractivity contribution < 1.29 is 23.9 Å². The van der Waals surface area contributed by atoms with Crippen LogP contribution in [0.1, 0.15) is 82.9 Å². The lowest BCUT2D eigenvalue weighted by molar-refractivity contribution is -0.167. The van der Waals surface area contributed by atoms with Gasteiger partial charge in [0.15, 0.2) is 0 Å². The van der Waals surface area contributed by atoms with Crippen LogP contribution in [0.3, 0.4) is 0 Å². The van der Waals surface area contributed by atoms with Crippen molar-refractivity contribution in [2.75, 3.05) is 0 Å². The molecule has 1 heterocycles. The minimum absolute atomic E-state index is 0.0287. The third-order valence-corrected chi connectivity index (χ3v) is 8.34. The van der Waals surface area contributed by atoms with Crippen molar-refractivity contribution in [3.05, 3.63) is 71.8 Å². The highest BCUT2D eigenvalue weighted by atomic mass is 16.6. The first-order valence-electron chi connectivity index (χ1n) is 14.0. The predicted molar refractivity (Wildman–Crippen MR) is 144 cm³/mol. The molecule has 202 valence electrons. The molecule has 3 fully saturated rings. The Morgan fingerprint density at radius 3 is 2.05 bits per heavy atom. The van der Waals surface area contributed by atoms with Crippen molar-refractivity contribution in [3.8, 4) is 0 Å². The van der Waals surface area contributed by atoms with E-state index in [2.05, 4.69) is 0 Å². The van der Waals surface area contributed by atoms with E-state index in [0.29, 0.717) is 12.8 Å². The molecule has 2 saturated carbocycles. The van der Waals surface area contributed by atoms with E-state index < -0.39 is 35.0 Å². The van der Waals surface area contributed by atoms with Gasteiger partial charge < -0.3 is 14.4 Å². The molecule has 1 aliphatic heterocycles. The van der Waals surface area contributed by atoms with Gasteiger partial charge in [0.1, 0.15) is 18.2 Å². The normalized spacial score (nSPS) is 24.7. The van der Waals surface area contributed by atoms with Crippen molar-refractivity contribution in [1.29, 1.82) is 0 Å². The number of hydrogen-bond acceptors (Lipinski definition) is 5. The Balaban J connectivity index is 1.56. The highest BCUT2D eigenvalue weighted by molar-refractivity contribution is 5.91. The molecule has 0 N–H and O–H groups in total. The number of amides is 1. The molecule has 0 radical (unpaired) electrons. The fraction of sp³-hybridized carbons (Fsp3) is 0.531. The summed E-state index contributed by atoms with van der Waals surface area (Å²) in [4.78, 5) is 43.9. The van der Waals surface area contributed by atoms with E-state index in [0.717, 1.165) is 43.2 Å². The van der Waals surface area contributed by atoms with Gasteiger partial charge in [-0.3, -0.25) is 9.59 Å². The lowest BCUT2D eigenvalue weighted by Gasteiger charge is -2.36. The molecule has 2 aromatic rings. The summed E-state index contributed by atoms with van der Waals surface area (Å²) in [6, 6.07) is 17.9. The lowest BCUT2D eigenvalue weighted by Crippen LogP contribution is -2.49. The van der Waals surface area contributed by atoms with Crippen LogP contribution in [0.5, 0.6) is 0 Å². The number of carbonyl (C=O) groups excluding carboxylic acids is 3. The van der Waals surface area contributed by atoms with Crippen molar-refractivity contribution in [2.45, 2.75) is 90.0 Å². The first kappa shape index (κ1) is 26.5. The second-order valence-corrected chi connectivity index (χ2v) is 12.2. The number of likely N-dealkylation sites (tertiary alicyclic amines) is 1. The monoisotopic (exact) mass is 517 g/mol. The number of benzene rings is 2. The van der Waals surface area contributed by atoms with Crippen LogP contribution >= 0.6 is 0 Å². The zero-order valence-electron chi connectivity index (χ0n) is 22.7. The summed E-state index contributed by atoms with van der Waals surface area (Å²) in [5.74, 6) is -1.58. The van der Waals surface area contributed by atoms with Gasteiger partial charge in [0, 0.05) is 11.3 Å². The molecule has 1 spiro atoms. The number of esters is 2. The molecule has 0 aromatic heterocycles. The quantitative estimate of drug-likeness (QED) is 0.440. The first-order chi connectivity index (χ1) is 18.2. The van der Waals surface area contributed by atoms with E-state index in [1.807, 2.05) is 81.4 Å². The summed E-state index contributed by atoms with van der Waals surface area (Å²) >= 11 is 0. The SMILES string of the molecule is CC(C)(C)OC(=O)C1N(C(=O)C2CCCCC2)C(c2ccccc2)C(C(=O)OCc2ccccc2)C12CC2. The Morgan fingerprint density at radius 2 is 1.47 bits per heavy atom. The van der Waals surface area contributed by atoms with Crippen LogP contribution in [0, 0.1) is 17.3 Å². The summed E-state index contributed by atoms with van der Waals surface area (Å²) < 4.78 is 11.8. The highest BCUT2D eigenvalue weighted by Crippen LogP contribution is 2.67. The molecule has 38 heavy (non-hydrogen) atoms. The number of hydrogen-bond donors (Lipinski definition) is 0. The molecule has 5 rings (SSSR count). The van der Waals surface area contributed by atoms with Gasteiger partial charge in [-0.25, -0.2) is 4.79 Å². The Morgan fingerprint density at radius 1 is 0.868 bits per heavy atom. The molecule has 3 atom stereocenters. The summed E-state index contributed by atoms with van der Waals surface area (Å²) in [6.45, 7) is 5.68. The van der Waals surface area contributed by atoms with Crippen LogP contribution in [0.4, 0.5) is 0 Å². The molecule has 0 bridgehead atoms. The zero-order chi connectivity index (χ0) is 26.9. The van der Waals surface area contributed by atoms with Crippen LogP contribution < -0.4 is 0 Å². The van der Waals surface area contributed by atoms with E-state index in [9.17, 15) is 14.4 Å². The van der Waals surface area contributed by atoms with Gasteiger partial charge in [0.2, 0.25) is 5.91 Å². The zero-order valence-corrected chi connectivity index (χ0v) is 22.7. The molecule has 6 nitrogen and oxygen atoms in total. The van der Waals surface area contributed by atoms with Crippen LogP contribution in [-0.2, 0) is 30.5 Å². The van der Waals surface area contributed by atoms with Crippen LogP contribution in [0.2, 0.25) is 0 Å². The minimum Gasteiger partial charge on any atom is -0.461 e. The molecule has 6 heteroatoms. The number of rotatable bonds is 6. The average molecular weight is 518 g/mol. The van der Waals surface area contributed by atoms with Crippen molar-refractivity contribution >= 4 is 17.8 Å². The maximum Gasteiger partial charge on any atom is 0.330 e. The lowest BCUT2D eigenvalue weighted by atomic mass is 9.81. The molecule has 1 saturated heterocycles. The van der Waals surface area contributed by atoms with Crippen LogP contribution in [0.15, 0.2) is 60.7 Å². The second-order valence-electron chi connectivity index (χ2n) is 12.2. The fourth-order valence-electron chi connectivity index (χ4n) is 6.53. The molecule has 2 aliphatic carbocycles. The topological polar surface area (TPSA) is 72.9 Å². The second kappa shape index (κ2) is 10.5. The third kappa shape index (κ3) is 5.23. The summed E-state index contributed by atoms with van der Waals surface area (Å²) in [5.41, 5.74) is 0.372. The maximum atomic E-state index is 14.3. The molecule has 2 aromatic carbocycles. The Kier molecular flexibility index (Phi) is 7.34. The minimum atomic E-state index is -0.810. The average Bonchev–Trinajstić information content (AvgIpc) is 3.63. The van der Waals surface area contributed by atoms with Gasteiger partial charge in [-0.2, -0.15) is 0 Å². The van der Waals surface area contributed by atoms with Crippen molar-refractivity contribution in [2.24, 2.45) is 17.3 Å². The van der Waals surface area contributed by atoms with Gasteiger partial charge in [-0.1, -0.05) is 79.9 Å². The molecular formula is C32H39NO5. The summed E-state index contributed by atoms with van der Waals surface area (Å²) in [5, 5.41) is 0. The maximum absolute atomic E-state index is 14.3. The molecule has 3 aliphatic rings. The molecule has 1 amide bonds. The number of ether oxygens (including phenoxy) is 2. The van der Waals surface area contributed by atoms with Gasteiger partial charge in [0.05, 0.1) is 12.0 Å². The Hall–Kier alpha value is -3.15. The van der Waals surface area contributed by atoms with Gasteiger partial charge in [-0.15, -0.1) is 0 Å². The standard InChI is InChI=1S/C32H39NO5/c1-31(2,3)38-30(36)27-32(19-20-32)25(29(35)37-21-22-13-7-4-8-14-22)26(23-15-9-5-10-16-23)33(27)28(34)24-17-11-6-12-18-24/h4-5,7-10,13-16,24-27H,6,11-12,17-21H2,1-3H3. The van der Waals surface area contributed by atoms with E-state index >= 15 is 0 Å². The summed E-state index contributed by atoms with van der Waals surface area (Å²) in [6.07, 6.45) is 6.12. The third-order valence-electron chi connectivity index (χ3n) is 8.34. The smallest absolute Gasteiger partial charge is 0.330 e. The van der Waals surface area contributed by atoms with Crippen LogP contribution in [-0.4, -0.2) is 34.4 Å². The van der Waals surface area contributed by atoms with Crippen LogP contribution in [0.25, 0.3) is 0 Å². The predicted octanol–water partition coefficient (Wildman–Crippen LogP) is 6.00.